The average molecular weight is 438 g/mol. The summed E-state index contributed by atoms with van der Waals surface area (Å²) in [5.41, 5.74) is 1.26. The number of likely N-dealkylation sites (tertiary alicyclic amines) is 1. The summed E-state index contributed by atoms with van der Waals surface area (Å²) in [6.07, 6.45) is 3.61. The molecule has 29 heavy (non-hydrogen) atoms. The Labute approximate surface area is 179 Å². The molecule has 1 aliphatic heterocycles. The zero-order chi connectivity index (χ0) is 20.5. The van der Waals surface area contributed by atoms with Crippen molar-refractivity contribution in [1.29, 1.82) is 0 Å². The number of ether oxygens (including phenoxy) is 1. The molecular weight excluding hydrogens is 416 g/mol. The van der Waals surface area contributed by atoms with Crippen LogP contribution in [0.4, 0.5) is 4.39 Å². The molecular formula is C22H22Cl2FNO3. The maximum Gasteiger partial charge on any atom is 0.338 e. The van der Waals surface area contributed by atoms with Gasteiger partial charge >= 0.3 is 5.97 Å². The molecule has 2 aromatic rings. The molecule has 0 unspecified atom stereocenters. The molecule has 154 valence electrons. The van der Waals surface area contributed by atoms with Gasteiger partial charge in [0.15, 0.2) is 0 Å². The molecule has 0 aromatic heterocycles. The largest absolute Gasteiger partial charge is 0.490 e. The van der Waals surface area contributed by atoms with Crippen LogP contribution in [-0.4, -0.2) is 35.2 Å². The van der Waals surface area contributed by atoms with Gasteiger partial charge in [0.25, 0.3) is 0 Å². The van der Waals surface area contributed by atoms with Crippen LogP contribution < -0.4 is 4.74 Å². The monoisotopic (exact) mass is 437 g/mol. The van der Waals surface area contributed by atoms with Crippen LogP contribution in [0.25, 0.3) is 0 Å². The third-order valence-electron chi connectivity index (χ3n) is 5.55. The number of benzene rings is 2. The minimum atomic E-state index is -1.21. The minimum Gasteiger partial charge on any atom is -0.490 e. The molecule has 0 amide bonds. The number of nitrogens with zero attached hydrogens (tertiary/aromatic N) is 1. The second-order valence-corrected chi connectivity index (χ2v) is 8.65. The number of aromatic carboxylic acids is 1. The molecule has 4 nitrogen and oxygen atoms in total. The molecule has 2 aliphatic rings. The van der Waals surface area contributed by atoms with Crippen LogP contribution in [0.5, 0.6) is 5.75 Å². The number of halogens is 3. The minimum absolute atomic E-state index is 0.0785. The van der Waals surface area contributed by atoms with Crippen molar-refractivity contribution < 1.29 is 19.0 Å². The summed E-state index contributed by atoms with van der Waals surface area (Å²) in [6, 6.07) is 8.35. The van der Waals surface area contributed by atoms with E-state index in [1.54, 1.807) is 24.3 Å². The number of carboxylic acid groups (broad SMARTS) is 1. The molecule has 7 heteroatoms. The van der Waals surface area contributed by atoms with Crippen molar-refractivity contribution in [2.24, 2.45) is 0 Å². The number of piperidine rings is 1. The number of carboxylic acids is 1. The van der Waals surface area contributed by atoms with Crippen LogP contribution in [0.2, 0.25) is 10.0 Å². The standard InChI is InChI=1S/C22H22Cl2FNO3/c23-15-9-16(24)11-18(10-15)29-17-5-7-26(8-6-17)12-14-3-4-19(22(27)28)21(25)20(14)13-1-2-13/h3-4,9-11,13,17H,1-2,5-8,12H2,(H,27,28). The fraction of sp³-hybridized carbons (Fsp3) is 0.409. The quantitative estimate of drug-likeness (QED) is 0.624. The van der Waals surface area contributed by atoms with Gasteiger partial charge in [0.1, 0.15) is 17.7 Å². The topological polar surface area (TPSA) is 49.8 Å². The summed E-state index contributed by atoms with van der Waals surface area (Å²) >= 11 is 12.1. The predicted molar refractivity (Wildman–Crippen MR) is 111 cm³/mol. The van der Waals surface area contributed by atoms with E-state index in [2.05, 4.69) is 4.90 Å². The Balaban J connectivity index is 1.40. The van der Waals surface area contributed by atoms with Crippen LogP contribution in [0.15, 0.2) is 30.3 Å². The Kier molecular flexibility index (Phi) is 6.00. The van der Waals surface area contributed by atoms with Crippen LogP contribution in [0.3, 0.4) is 0 Å². The van der Waals surface area contributed by atoms with E-state index in [9.17, 15) is 14.3 Å². The van der Waals surface area contributed by atoms with Crippen LogP contribution >= 0.6 is 23.2 Å². The lowest BCUT2D eigenvalue weighted by molar-refractivity contribution is 0.0691. The summed E-state index contributed by atoms with van der Waals surface area (Å²) in [4.78, 5) is 13.5. The van der Waals surface area contributed by atoms with Gasteiger partial charge in [-0.15, -0.1) is 0 Å². The Bertz CT molecular complexity index is 904. The Morgan fingerprint density at radius 1 is 1.10 bits per heavy atom. The average Bonchev–Trinajstić information content (AvgIpc) is 3.47. The first-order valence-electron chi connectivity index (χ1n) is 9.80. The van der Waals surface area contributed by atoms with Crippen molar-refractivity contribution in [3.05, 3.63) is 62.9 Å². The number of hydrogen-bond acceptors (Lipinski definition) is 3. The van der Waals surface area contributed by atoms with Crippen LogP contribution in [0.1, 0.15) is 53.1 Å². The van der Waals surface area contributed by atoms with Gasteiger partial charge in [0.05, 0.1) is 5.56 Å². The number of rotatable bonds is 6. The van der Waals surface area contributed by atoms with Crippen molar-refractivity contribution >= 4 is 29.2 Å². The molecule has 1 aliphatic carbocycles. The molecule has 2 aromatic carbocycles. The maximum atomic E-state index is 14.8. The normalized spacial score (nSPS) is 18.0. The van der Waals surface area contributed by atoms with Gasteiger partial charge in [-0.05, 0) is 67.0 Å². The molecule has 0 atom stereocenters. The molecule has 4 rings (SSSR count). The summed E-state index contributed by atoms with van der Waals surface area (Å²) < 4.78 is 20.8. The zero-order valence-electron chi connectivity index (χ0n) is 15.8. The lowest BCUT2D eigenvalue weighted by atomic mass is 9.97. The van der Waals surface area contributed by atoms with Crippen molar-refractivity contribution in [1.82, 2.24) is 4.90 Å². The summed E-state index contributed by atoms with van der Waals surface area (Å²) in [5, 5.41) is 10.3. The molecule has 2 fully saturated rings. The zero-order valence-corrected chi connectivity index (χ0v) is 17.3. The SMILES string of the molecule is O=C(O)c1ccc(CN2CCC(Oc3cc(Cl)cc(Cl)c3)CC2)c(C2CC2)c1F. The van der Waals surface area contributed by atoms with E-state index in [1.807, 2.05) is 0 Å². The summed E-state index contributed by atoms with van der Waals surface area (Å²) in [6.45, 7) is 2.27. The molecule has 1 heterocycles. The first-order chi connectivity index (χ1) is 13.9. The Morgan fingerprint density at radius 3 is 2.34 bits per heavy atom. The predicted octanol–water partition coefficient (Wildman–Crippen LogP) is 5.75. The van der Waals surface area contributed by atoms with E-state index in [1.165, 1.54) is 6.07 Å². The Hall–Kier alpha value is -1.82. The first kappa shape index (κ1) is 20.5. The van der Waals surface area contributed by atoms with Crippen LogP contribution in [-0.2, 0) is 6.54 Å². The molecule has 1 saturated carbocycles. The highest BCUT2D eigenvalue weighted by atomic mass is 35.5. The van der Waals surface area contributed by atoms with Gasteiger partial charge in [-0.1, -0.05) is 29.3 Å². The van der Waals surface area contributed by atoms with Gasteiger partial charge in [-0.2, -0.15) is 0 Å². The molecule has 0 spiro atoms. The highest BCUT2D eigenvalue weighted by molar-refractivity contribution is 6.34. The van der Waals surface area contributed by atoms with Crippen molar-refractivity contribution in [2.75, 3.05) is 13.1 Å². The fourth-order valence-electron chi connectivity index (χ4n) is 3.96. The third-order valence-corrected chi connectivity index (χ3v) is 5.99. The van der Waals surface area contributed by atoms with Gasteiger partial charge < -0.3 is 9.84 Å². The molecule has 1 saturated heterocycles. The smallest absolute Gasteiger partial charge is 0.338 e. The van der Waals surface area contributed by atoms with E-state index in [0.29, 0.717) is 27.9 Å². The number of hydrogen-bond donors (Lipinski definition) is 1. The van der Waals surface area contributed by atoms with E-state index in [-0.39, 0.29) is 17.6 Å². The maximum absolute atomic E-state index is 14.8. The van der Waals surface area contributed by atoms with Crippen LogP contribution in [0, 0.1) is 5.82 Å². The van der Waals surface area contributed by atoms with E-state index >= 15 is 0 Å². The highest BCUT2D eigenvalue weighted by Crippen LogP contribution is 2.44. The van der Waals surface area contributed by atoms with Gasteiger partial charge in [-0.25, -0.2) is 9.18 Å². The van der Waals surface area contributed by atoms with E-state index in [0.717, 1.165) is 44.3 Å². The third kappa shape index (κ3) is 4.85. The second kappa shape index (κ2) is 8.50. The molecule has 1 N–H and O–H groups in total. The van der Waals surface area contributed by atoms with E-state index in [4.69, 9.17) is 27.9 Å². The van der Waals surface area contributed by atoms with Gasteiger partial charge in [-0.3, -0.25) is 4.90 Å². The molecule has 0 radical (unpaired) electrons. The first-order valence-corrected chi connectivity index (χ1v) is 10.6. The lowest BCUT2D eigenvalue weighted by Gasteiger charge is -2.32. The van der Waals surface area contributed by atoms with E-state index < -0.39 is 11.8 Å². The van der Waals surface area contributed by atoms with Crippen molar-refractivity contribution in [3.8, 4) is 5.75 Å². The summed E-state index contributed by atoms with van der Waals surface area (Å²) in [5.74, 6) is -0.954. The highest BCUT2D eigenvalue weighted by Gasteiger charge is 2.32. The molecule has 0 bridgehead atoms. The Morgan fingerprint density at radius 2 is 1.76 bits per heavy atom. The summed E-state index contributed by atoms with van der Waals surface area (Å²) in [7, 11) is 0. The van der Waals surface area contributed by atoms with Crippen molar-refractivity contribution in [2.45, 2.75) is 44.2 Å². The second-order valence-electron chi connectivity index (χ2n) is 7.78. The number of carbonyl (C=O) groups is 1. The lowest BCUT2D eigenvalue weighted by Crippen LogP contribution is -2.38. The van der Waals surface area contributed by atoms with Crippen molar-refractivity contribution in [3.63, 3.8) is 0 Å². The van der Waals surface area contributed by atoms with Gasteiger partial charge in [0.2, 0.25) is 0 Å². The van der Waals surface area contributed by atoms with Gasteiger partial charge in [0, 0.05) is 29.7 Å². The fourth-order valence-corrected chi connectivity index (χ4v) is 4.47.